The van der Waals surface area contributed by atoms with Crippen LogP contribution in [0.15, 0.2) is 12.1 Å². The first-order chi connectivity index (χ1) is 9.56. The van der Waals surface area contributed by atoms with Crippen LogP contribution >= 0.6 is 0 Å². The summed E-state index contributed by atoms with van der Waals surface area (Å²) in [5, 5.41) is 2.52. The molecule has 5 heteroatoms. The fourth-order valence-corrected chi connectivity index (χ4v) is 2.35. The van der Waals surface area contributed by atoms with Gasteiger partial charge in [-0.3, -0.25) is 14.4 Å². The number of rotatable bonds is 4. The van der Waals surface area contributed by atoms with Crippen LogP contribution in [0.4, 0.5) is 0 Å². The Hall–Kier alpha value is -2.17. The van der Waals surface area contributed by atoms with Crippen LogP contribution in [0.25, 0.3) is 0 Å². The van der Waals surface area contributed by atoms with Crippen LogP contribution in [0.5, 0.6) is 0 Å². The summed E-state index contributed by atoms with van der Waals surface area (Å²) in [4.78, 5) is 35.0. The maximum Gasteiger partial charge on any atom is 0.325 e. The molecule has 5 nitrogen and oxygen atoms in total. The number of ether oxygens (including phenoxy) is 1. The molecular formula is C15H17NO4. The van der Waals surface area contributed by atoms with Crippen LogP contribution in [0.1, 0.15) is 45.2 Å². The van der Waals surface area contributed by atoms with E-state index in [1.54, 1.807) is 6.07 Å². The van der Waals surface area contributed by atoms with Gasteiger partial charge in [-0.05, 0) is 36.1 Å². The van der Waals surface area contributed by atoms with Crippen LogP contribution in [-0.2, 0) is 22.4 Å². The molecule has 0 fully saturated rings. The number of ketones is 1. The molecule has 0 saturated carbocycles. The van der Waals surface area contributed by atoms with Crippen molar-refractivity contribution in [1.82, 2.24) is 5.32 Å². The third-order valence-corrected chi connectivity index (χ3v) is 3.49. The maximum absolute atomic E-state index is 12.2. The van der Waals surface area contributed by atoms with E-state index < -0.39 is 5.97 Å². The van der Waals surface area contributed by atoms with Crippen LogP contribution < -0.4 is 5.32 Å². The van der Waals surface area contributed by atoms with E-state index in [9.17, 15) is 14.4 Å². The minimum Gasteiger partial charge on any atom is -0.468 e. The number of fused-ring (bicyclic) bond motifs is 1. The van der Waals surface area contributed by atoms with Gasteiger partial charge in [0, 0.05) is 17.5 Å². The molecule has 0 heterocycles. The molecule has 1 aliphatic rings. The average molecular weight is 275 g/mol. The number of esters is 1. The SMILES string of the molecule is CCc1cc2c(c(C(=O)NCC(=O)OC)c1)CCC2=O. The normalized spacial score (nSPS) is 13.0. The Kier molecular flexibility index (Phi) is 4.17. The molecule has 0 bridgehead atoms. The molecule has 0 aromatic heterocycles. The molecule has 1 N–H and O–H groups in total. The molecule has 0 spiro atoms. The molecule has 1 aromatic carbocycles. The number of carbonyl (C=O) groups excluding carboxylic acids is 3. The Morgan fingerprint density at radius 2 is 2.05 bits per heavy atom. The number of hydrogen-bond acceptors (Lipinski definition) is 4. The zero-order chi connectivity index (χ0) is 14.7. The third-order valence-electron chi connectivity index (χ3n) is 3.49. The molecule has 0 radical (unpaired) electrons. The van der Waals surface area contributed by atoms with E-state index in [0.29, 0.717) is 24.0 Å². The van der Waals surface area contributed by atoms with E-state index in [2.05, 4.69) is 10.1 Å². The number of amides is 1. The number of hydrogen-bond donors (Lipinski definition) is 1. The molecule has 0 unspecified atom stereocenters. The van der Waals surface area contributed by atoms with Gasteiger partial charge in [0.05, 0.1) is 7.11 Å². The number of nitrogens with one attached hydrogen (secondary N) is 1. The molecule has 0 atom stereocenters. The van der Waals surface area contributed by atoms with Crippen LogP contribution in [0.2, 0.25) is 0 Å². The van der Waals surface area contributed by atoms with E-state index in [-0.39, 0.29) is 18.2 Å². The number of Topliss-reactive ketones (excluding diaryl/α,β-unsaturated/α-hetero) is 1. The van der Waals surface area contributed by atoms with Gasteiger partial charge in [0.15, 0.2) is 5.78 Å². The van der Waals surface area contributed by atoms with E-state index in [0.717, 1.165) is 17.5 Å². The van der Waals surface area contributed by atoms with Crippen molar-refractivity contribution in [3.8, 4) is 0 Å². The van der Waals surface area contributed by atoms with E-state index in [1.165, 1.54) is 7.11 Å². The first-order valence-corrected chi connectivity index (χ1v) is 6.60. The summed E-state index contributed by atoms with van der Waals surface area (Å²) in [6, 6.07) is 3.66. The van der Waals surface area contributed by atoms with Crippen molar-refractivity contribution in [3.63, 3.8) is 0 Å². The van der Waals surface area contributed by atoms with Crippen molar-refractivity contribution in [3.05, 3.63) is 34.4 Å². The third kappa shape index (κ3) is 2.71. The first kappa shape index (κ1) is 14.2. The van der Waals surface area contributed by atoms with Gasteiger partial charge in [0.1, 0.15) is 6.54 Å². The summed E-state index contributed by atoms with van der Waals surface area (Å²) in [5.74, 6) is -0.758. The molecule has 106 valence electrons. The second-order valence-electron chi connectivity index (χ2n) is 4.71. The molecule has 1 aliphatic carbocycles. The largest absolute Gasteiger partial charge is 0.468 e. The second kappa shape index (κ2) is 5.86. The molecule has 0 aliphatic heterocycles. The Labute approximate surface area is 117 Å². The highest BCUT2D eigenvalue weighted by atomic mass is 16.5. The van der Waals surface area contributed by atoms with Crippen molar-refractivity contribution in [2.24, 2.45) is 0 Å². The first-order valence-electron chi connectivity index (χ1n) is 6.60. The topological polar surface area (TPSA) is 72.5 Å². The molecule has 1 amide bonds. The minimum absolute atomic E-state index is 0.0808. The number of benzene rings is 1. The van der Waals surface area contributed by atoms with Gasteiger partial charge in [0.25, 0.3) is 5.91 Å². The number of aryl methyl sites for hydroxylation is 1. The minimum atomic E-state index is -0.502. The predicted molar refractivity (Wildman–Crippen MR) is 72.8 cm³/mol. The Morgan fingerprint density at radius 3 is 2.70 bits per heavy atom. The van der Waals surface area contributed by atoms with Gasteiger partial charge in [-0.15, -0.1) is 0 Å². The highest BCUT2D eigenvalue weighted by Crippen LogP contribution is 2.27. The van der Waals surface area contributed by atoms with Crippen molar-refractivity contribution >= 4 is 17.7 Å². The highest BCUT2D eigenvalue weighted by Gasteiger charge is 2.25. The van der Waals surface area contributed by atoms with Gasteiger partial charge >= 0.3 is 5.97 Å². The van der Waals surface area contributed by atoms with Crippen molar-refractivity contribution in [2.75, 3.05) is 13.7 Å². The summed E-state index contributed by atoms with van der Waals surface area (Å²) in [6.07, 6.45) is 1.77. The van der Waals surface area contributed by atoms with Gasteiger partial charge in [-0.1, -0.05) is 6.92 Å². The average Bonchev–Trinajstić information content (AvgIpc) is 2.84. The number of methoxy groups -OCH3 is 1. The standard InChI is InChI=1S/C15H17NO4/c1-3-9-6-11-10(4-5-13(11)17)12(7-9)15(19)16-8-14(18)20-2/h6-7H,3-5,8H2,1-2H3,(H,16,19). The lowest BCUT2D eigenvalue weighted by atomic mass is 9.97. The Balaban J connectivity index is 2.29. The van der Waals surface area contributed by atoms with Crippen molar-refractivity contribution < 1.29 is 19.1 Å². The summed E-state index contributed by atoms with van der Waals surface area (Å²) in [6.45, 7) is 1.80. The lowest BCUT2D eigenvalue weighted by molar-refractivity contribution is -0.139. The van der Waals surface area contributed by atoms with Gasteiger partial charge in [0.2, 0.25) is 0 Å². The lowest BCUT2D eigenvalue weighted by Crippen LogP contribution is -2.31. The fourth-order valence-electron chi connectivity index (χ4n) is 2.35. The molecular weight excluding hydrogens is 258 g/mol. The smallest absolute Gasteiger partial charge is 0.325 e. The molecule has 2 rings (SSSR count). The van der Waals surface area contributed by atoms with E-state index in [1.807, 2.05) is 13.0 Å². The van der Waals surface area contributed by atoms with Crippen LogP contribution in [0.3, 0.4) is 0 Å². The summed E-state index contributed by atoms with van der Waals surface area (Å²) >= 11 is 0. The second-order valence-corrected chi connectivity index (χ2v) is 4.71. The number of carbonyl (C=O) groups is 3. The van der Waals surface area contributed by atoms with Crippen LogP contribution in [0, 0.1) is 0 Å². The highest BCUT2D eigenvalue weighted by molar-refractivity contribution is 6.06. The van der Waals surface area contributed by atoms with Gasteiger partial charge < -0.3 is 10.1 Å². The van der Waals surface area contributed by atoms with Crippen LogP contribution in [-0.4, -0.2) is 31.3 Å². The summed E-state index contributed by atoms with van der Waals surface area (Å²) in [5.41, 5.74) is 2.87. The fraction of sp³-hybridized carbons (Fsp3) is 0.400. The Bertz CT molecular complexity index is 577. The Morgan fingerprint density at radius 1 is 1.30 bits per heavy atom. The monoisotopic (exact) mass is 275 g/mol. The summed E-state index contributed by atoms with van der Waals surface area (Å²) < 4.78 is 4.48. The van der Waals surface area contributed by atoms with Gasteiger partial charge in [-0.25, -0.2) is 0 Å². The predicted octanol–water partition coefficient (Wildman–Crippen LogP) is 1.28. The molecule has 0 saturated heterocycles. The zero-order valence-corrected chi connectivity index (χ0v) is 11.6. The lowest BCUT2D eigenvalue weighted by Gasteiger charge is -2.10. The molecule has 20 heavy (non-hydrogen) atoms. The van der Waals surface area contributed by atoms with E-state index >= 15 is 0 Å². The maximum atomic E-state index is 12.2. The zero-order valence-electron chi connectivity index (χ0n) is 11.6. The quantitative estimate of drug-likeness (QED) is 0.840. The summed E-state index contributed by atoms with van der Waals surface area (Å²) in [7, 11) is 1.27. The molecule has 1 aromatic rings. The van der Waals surface area contributed by atoms with E-state index in [4.69, 9.17) is 0 Å². The van der Waals surface area contributed by atoms with Crippen molar-refractivity contribution in [2.45, 2.75) is 26.2 Å². The van der Waals surface area contributed by atoms with Crippen molar-refractivity contribution in [1.29, 1.82) is 0 Å². The van der Waals surface area contributed by atoms with Gasteiger partial charge in [-0.2, -0.15) is 0 Å².